The van der Waals surface area contributed by atoms with Crippen LogP contribution < -0.4 is 5.32 Å². The van der Waals surface area contributed by atoms with Gasteiger partial charge in [-0.1, -0.05) is 18.2 Å². The van der Waals surface area contributed by atoms with Gasteiger partial charge in [0.25, 0.3) is 0 Å². The Morgan fingerprint density at radius 1 is 1.21 bits per heavy atom. The molecule has 3 aromatic rings. The van der Waals surface area contributed by atoms with E-state index in [1.807, 2.05) is 0 Å². The molecule has 0 amide bonds. The van der Waals surface area contributed by atoms with E-state index in [0.717, 1.165) is 6.54 Å². The first-order valence-electron chi connectivity index (χ1n) is 6.22. The Labute approximate surface area is 115 Å². The summed E-state index contributed by atoms with van der Waals surface area (Å²) >= 11 is 1.75. The minimum atomic E-state index is -0.600. The minimum absolute atomic E-state index is 0.481. The number of benzene rings is 1. The van der Waals surface area contributed by atoms with Crippen LogP contribution in [-0.2, 0) is 6.54 Å². The molecule has 3 rings (SSSR count). The van der Waals surface area contributed by atoms with Gasteiger partial charge in [-0.05, 0) is 34.5 Å². The largest absolute Gasteiger partial charge is 0.467 e. The Hall–Kier alpha value is -1.62. The van der Waals surface area contributed by atoms with E-state index >= 15 is 0 Å². The van der Waals surface area contributed by atoms with Gasteiger partial charge in [0, 0.05) is 17.8 Å². The van der Waals surface area contributed by atoms with E-state index in [-0.39, 0.29) is 0 Å². The summed E-state index contributed by atoms with van der Waals surface area (Å²) in [4.78, 5) is 0. The molecule has 0 saturated heterocycles. The normalized spacial score (nSPS) is 12.9. The predicted molar refractivity (Wildman–Crippen MR) is 77.2 cm³/mol. The number of fused-ring (bicyclic) bond motifs is 1. The van der Waals surface area contributed by atoms with E-state index in [2.05, 4.69) is 35.0 Å². The van der Waals surface area contributed by atoms with Crippen LogP contribution in [0.1, 0.15) is 17.4 Å². The summed E-state index contributed by atoms with van der Waals surface area (Å²) in [6.45, 7) is 1.23. The number of nitrogens with one attached hydrogen (secondary N) is 1. The molecule has 1 unspecified atom stereocenters. The van der Waals surface area contributed by atoms with Crippen LogP contribution in [0.25, 0.3) is 10.1 Å². The molecule has 98 valence electrons. The first kappa shape index (κ1) is 12.4. The molecule has 3 nitrogen and oxygen atoms in total. The van der Waals surface area contributed by atoms with Crippen LogP contribution in [0.5, 0.6) is 0 Å². The van der Waals surface area contributed by atoms with Gasteiger partial charge >= 0.3 is 0 Å². The molecule has 0 radical (unpaired) electrons. The van der Waals surface area contributed by atoms with Crippen LogP contribution in [0, 0.1) is 0 Å². The highest BCUT2D eigenvalue weighted by Gasteiger charge is 2.10. The third-order valence-electron chi connectivity index (χ3n) is 3.09. The fourth-order valence-corrected chi connectivity index (χ4v) is 3.03. The second kappa shape index (κ2) is 5.57. The zero-order valence-corrected chi connectivity index (χ0v) is 11.2. The van der Waals surface area contributed by atoms with Gasteiger partial charge < -0.3 is 14.8 Å². The Morgan fingerprint density at radius 2 is 2.16 bits per heavy atom. The lowest BCUT2D eigenvalue weighted by Gasteiger charge is -2.10. The molecule has 1 aromatic carbocycles. The lowest BCUT2D eigenvalue weighted by atomic mass is 10.1. The maximum Gasteiger partial charge on any atom is 0.133 e. The van der Waals surface area contributed by atoms with E-state index in [9.17, 15) is 5.11 Å². The van der Waals surface area contributed by atoms with Crippen molar-refractivity contribution in [3.63, 3.8) is 0 Å². The van der Waals surface area contributed by atoms with Crippen molar-refractivity contribution in [2.75, 3.05) is 6.54 Å². The average molecular weight is 273 g/mol. The minimum Gasteiger partial charge on any atom is -0.467 e. The topological polar surface area (TPSA) is 45.4 Å². The van der Waals surface area contributed by atoms with Gasteiger partial charge in [0.05, 0.1) is 6.26 Å². The smallest absolute Gasteiger partial charge is 0.133 e. The standard InChI is InChI=1S/C15H15NO2S/c17-13(14-5-2-7-18-14)10-16-9-12-4-1-3-11-6-8-19-15(11)12/h1-8,13,16-17H,9-10H2. The van der Waals surface area contributed by atoms with Crippen LogP contribution in [0.2, 0.25) is 0 Å². The molecule has 2 heterocycles. The number of aliphatic hydroxyl groups is 1. The molecular weight excluding hydrogens is 258 g/mol. The Morgan fingerprint density at radius 3 is 3.00 bits per heavy atom. The summed E-state index contributed by atoms with van der Waals surface area (Å²) in [6.07, 6.45) is 0.975. The lowest BCUT2D eigenvalue weighted by Crippen LogP contribution is -2.20. The average Bonchev–Trinajstić information content (AvgIpc) is 3.10. The molecule has 2 N–H and O–H groups in total. The van der Waals surface area contributed by atoms with Crippen LogP contribution >= 0.6 is 11.3 Å². The molecule has 0 saturated carbocycles. The van der Waals surface area contributed by atoms with E-state index in [0.29, 0.717) is 12.3 Å². The van der Waals surface area contributed by atoms with Crippen LogP contribution in [-0.4, -0.2) is 11.7 Å². The van der Waals surface area contributed by atoms with Gasteiger partial charge in [-0.25, -0.2) is 0 Å². The maximum atomic E-state index is 9.91. The number of thiophene rings is 1. The van der Waals surface area contributed by atoms with Gasteiger partial charge in [-0.2, -0.15) is 0 Å². The molecule has 1 atom stereocenters. The summed E-state index contributed by atoms with van der Waals surface area (Å²) < 4.78 is 6.48. The Balaban J connectivity index is 1.62. The fraction of sp³-hybridized carbons (Fsp3) is 0.200. The summed E-state index contributed by atoms with van der Waals surface area (Å²) in [5.74, 6) is 0.599. The number of rotatable bonds is 5. The summed E-state index contributed by atoms with van der Waals surface area (Å²) in [7, 11) is 0. The highest BCUT2D eigenvalue weighted by molar-refractivity contribution is 7.17. The van der Waals surface area contributed by atoms with Crippen LogP contribution in [0.15, 0.2) is 52.5 Å². The molecule has 4 heteroatoms. The molecule has 2 aromatic heterocycles. The molecule has 0 fully saturated rings. The number of aliphatic hydroxyl groups excluding tert-OH is 1. The second-order valence-corrected chi connectivity index (χ2v) is 5.33. The zero-order chi connectivity index (χ0) is 13.1. The van der Waals surface area contributed by atoms with Gasteiger partial charge in [0.15, 0.2) is 0 Å². The van der Waals surface area contributed by atoms with Crippen molar-refractivity contribution in [3.05, 3.63) is 59.4 Å². The highest BCUT2D eigenvalue weighted by atomic mass is 32.1. The van der Waals surface area contributed by atoms with Crippen LogP contribution in [0.4, 0.5) is 0 Å². The van der Waals surface area contributed by atoms with E-state index < -0.39 is 6.10 Å². The SMILES string of the molecule is OC(CNCc1cccc2ccsc12)c1ccco1. The van der Waals surface area contributed by atoms with Gasteiger partial charge in [0.1, 0.15) is 11.9 Å². The quantitative estimate of drug-likeness (QED) is 0.749. The zero-order valence-electron chi connectivity index (χ0n) is 10.4. The first-order chi connectivity index (χ1) is 9.34. The van der Waals surface area contributed by atoms with Crippen molar-refractivity contribution >= 4 is 21.4 Å². The molecule has 0 aliphatic carbocycles. The third kappa shape index (κ3) is 2.71. The van der Waals surface area contributed by atoms with Crippen molar-refractivity contribution in [1.82, 2.24) is 5.32 Å². The van der Waals surface area contributed by atoms with Crippen molar-refractivity contribution < 1.29 is 9.52 Å². The van der Waals surface area contributed by atoms with Crippen LogP contribution in [0.3, 0.4) is 0 Å². The number of hydrogen-bond acceptors (Lipinski definition) is 4. The summed E-state index contributed by atoms with van der Waals surface area (Å²) in [5, 5.41) is 16.6. The van der Waals surface area contributed by atoms with Crippen molar-refractivity contribution in [2.24, 2.45) is 0 Å². The van der Waals surface area contributed by atoms with Gasteiger partial charge in [-0.15, -0.1) is 11.3 Å². The monoisotopic (exact) mass is 273 g/mol. The van der Waals surface area contributed by atoms with Gasteiger partial charge in [-0.3, -0.25) is 0 Å². The van der Waals surface area contributed by atoms with E-state index in [4.69, 9.17) is 4.42 Å². The second-order valence-electron chi connectivity index (χ2n) is 4.42. The fourth-order valence-electron chi connectivity index (χ4n) is 2.12. The number of hydrogen-bond donors (Lipinski definition) is 2. The maximum absolute atomic E-state index is 9.91. The predicted octanol–water partition coefficient (Wildman–Crippen LogP) is 3.32. The Kier molecular flexibility index (Phi) is 3.64. The third-order valence-corrected chi connectivity index (χ3v) is 4.09. The van der Waals surface area contributed by atoms with Crippen molar-refractivity contribution in [2.45, 2.75) is 12.6 Å². The number of furan rings is 1. The first-order valence-corrected chi connectivity index (χ1v) is 7.10. The van der Waals surface area contributed by atoms with Crippen molar-refractivity contribution in [3.8, 4) is 0 Å². The molecule has 0 aliphatic heterocycles. The summed E-state index contributed by atoms with van der Waals surface area (Å²) in [5.41, 5.74) is 1.26. The molecule has 19 heavy (non-hydrogen) atoms. The van der Waals surface area contributed by atoms with Gasteiger partial charge in [0.2, 0.25) is 0 Å². The molecule has 0 bridgehead atoms. The Bertz CT molecular complexity index is 645. The molecule has 0 spiro atoms. The highest BCUT2D eigenvalue weighted by Crippen LogP contribution is 2.24. The molecule has 0 aliphatic rings. The summed E-state index contributed by atoms with van der Waals surface area (Å²) in [6, 6.07) is 12.0. The van der Waals surface area contributed by atoms with E-state index in [1.165, 1.54) is 15.6 Å². The lowest BCUT2D eigenvalue weighted by molar-refractivity contribution is 0.147. The van der Waals surface area contributed by atoms with E-state index in [1.54, 1.807) is 29.7 Å². The molecular formula is C15H15NO2S. The van der Waals surface area contributed by atoms with Crippen molar-refractivity contribution in [1.29, 1.82) is 0 Å².